The number of rotatable bonds is 7. The summed E-state index contributed by atoms with van der Waals surface area (Å²) in [4.78, 5) is 35.7. The standard InChI is InChI=1S/C27H30N4O5S/c1-34-18-6-5-7-19-22(18)17-10-13-30(14-16(17)15-36-19)11-3-4-12-31-26(32)25-24(29-27(31)33)23-20(37-25)8-9-21(28-23)35-2/h5-9,16-17H,3-4,10-15H2,1-2H3,(H,29,33)/t16-,17+/m0/s1. The fraction of sp³-hybridized carbons (Fsp3) is 0.444. The van der Waals surface area contributed by atoms with Crippen LogP contribution in [0.5, 0.6) is 17.4 Å². The van der Waals surface area contributed by atoms with Crippen molar-refractivity contribution in [2.75, 3.05) is 40.5 Å². The highest BCUT2D eigenvalue weighted by molar-refractivity contribution is 7.25. The third-order valence-electron chi connectivity index (χ3n) is 7.63. The SMILES string of the molecule is COc1ccc2sc3c(=O)n(CCCCN4CC[C@H]5c6c(OC)cccc6OC[C@@H]5C4)c(=O)[nH]c3c2n1. The molecule has 6 rings (SSSR count). The lowest BCUT2D eigenvalue weighted by Crippen LogP contribution is -2.44. The molecule has 0 radical (unpaired) electrons. The Labute approximate surface area is 217 Å². The monoisotopic (exact) mass is 522 g/mol. The lowest BCUT2D eigenvalue weighted by Gasteiger charge is -2.42. The first kappa shape index (κ1) is 24.0. The van der Waals surface area contributed by atoms with Crippen LogP contribution in [0.3, 0.4) is 0 Å². The van der Waals surface area contributed by atoms with Gasteiger partial charge in [-0.3, -0.25) is 9.36 Å². The maximum Gasteiger partial charge on any atom is 0.328 e. The number of nitrogens with one attached hydrogen (secondary N) is 1. The lowest BCUT2D eigenvalue weighted by atomic mass is 9.78. The van der Waals surface area contributed by atoms with Gasteiger partial charge in [0.05, 0.1) is 31.0 Å². The van der Waals surface area contributed by atoms with Crippen molar-refractivity contribution in [1.82, 2.24) is 19.4 Å². The molecule has 2 aliphatic rings. The first-order valence-electron chi connectivity index (χ1n) is 12.7. The zero-order valence-corrected chi connectivity index (χ0v) is 21.8. The van der Waals surface area contributed by atoms with Crippen LogP contribution in [-0.2, 0) is 6.54 Å². The first-order valence-corrected chi connectivity index (χ1v) is 13.5. The summed E-state index contributed by atoms with van der Waals surface area (Å²) < 4.78 is 19.6. The molecule has 0 bridgehead atoms. The largest absolute Gasteiger partial charge is 0.496 e. The van der Waals surface area contributed by atoms with Crippen molar-refractivity contribution in [1.29, 1.82) is 0 Å². The van der Waals surface area contributed by atoms with Crippen LogP contribution >= 0.6 is 11.3 Å². The summed E-state index contributed by atoms with van der Waals surface area (Å²) in [7, 11) is 3.26. The zero-order valence-electron chi connectivity index (χ0n) is 21.0. The number of aromatic nitrogens is 3. The third kappa shape index (κ3) is 4.27. The Morgan fingerprint density at radius 1 is 1.14 bits per heavy atom. The molecular formula is C27H30N4O5S. The summed E-state index contributed by atoms with van der Waals surface area (Å²) in [5, 5.41) is 0. The molecule has 0 unspecified atom stereocenters. The average Bonchev–Trinajstić information content (AvgIpc) is 3.29. The minimum atomic E-state index is -0.394. The van der Waals surface area contributed by atoms with E-state index in [-0.39, 0.29) is 5.56 Å². The second-order valence-corrected chi connectivity index (χ2v) is 10.8. The van der Waals surface area contributed by atoms with E-state index in [0.29, 0.717) is 40.0 Å². The fourth-order valence-corrected chi connectivity index (χ4v) is 6.83. The molecular weight excluding hydrogens is 492 g/mol. The molecule has 2 atom stereocenters. The van der Waals surface area contributed by atoms with Crippen LogP contribution in [0.4, 0.5) is 0 Å². The molecule has 10 heteroatoms. The predicted molar refractivity (Wildman–Crippen MR) is 144 cm³/mol. The van der Waals surface area contributed by atoms with Gasteiger partial charge in [-0.1, -0.05) is 6.07 Å². The average molecular weight is 523 g/mol. The third-order valence-corrected chi connectivity index (χ3v) is 8.76. The molecule has 1 N–H and O–H groups in total. The van der Waals surface area contributed by atoms with E-state index in [0.717, 1.165) is 61.7 Å². The van der Waals surface area contributed by atoms with Crippen molar-refractivity contribution in [2.24, 2.45) is 5.92 Å². The van der Waals surface area contributed by atoms with Crippen LogP contribution < -0.4 is 25.5 Å². The molecule has 1 saturated heterocycles. The zero-order chi connectivity index (χ0) is 25.5. The van der Waals surface area contributed by atoms with Crippen molar-refractivity contribution in [2.45, 2.75) is 31.7 Å². The number of ether oxygens (including phenoxy) is 3. The second-order valence-electron chi connectivity index (χ2n) is 9.74. The Balaban J connectivity index is 1.10. The van der Waals surface area contributed by atoms with Gasteiger partial charge < -0.3 is 24.1 Å². The predicted octanol–water partition coefficient (Wildman–Crippen LogP) is 3.60. The smallest absolute Gasteiger partial charge is 0.328 e. The van der Waals surface area contributed by atoms with Crippen LogP contribution in [0, 0.1) is 5.92 Å². The number of H-pyrrole nitrogens is 1. The molecule has 4 aromatic rings. The Morgan fingerprint density at radius 2 is 2.00 bits per heavy atom. The molecule has 5 heterocycles. The Kier molecular flexibility index (Phi) is 6.37. The molecule has 0 spiro atoms. The van der Waals surface area contributed by atoms with E-state index in [9.17, 15) is 9.59 Å². The highest BCUT2D eigenvalue weighted by Crippen LogP contribution is 2.46. The number of piperidine rings is 1. The van der Waals surface area contributed by atoms with Gasteiger partial charge in [0.15, 0.2) is 0 Å². The topological polar surface area (TPSA) is 98.7 Å². The minimum Gasteiger partial charge on any atom is -0.496 e. The fourth-order valence-electron chi connectivity index (χ4n) is 5.79. The van der Waals surface area contributed by atoms with Crippen molar-refractivity contribution in [3.63, 3.8) is 0 Å². The van der Waals surface area contributed by atoms with Crippen LogP contribution in [0.25, 0.3) is 20.4 Å². The number of nitrogens with zero attached hydrogens (tertiary/aromatic N) is 3. The van der Waals surface area contributed by atoms with Gasteiger partial charge in [-0.15, -0.1) is 11.3 Å². The molecule has 3 aromatic heterocycles. The van der Waals surface area contributed by atoms with E-state index in [2.05, 4.69) is 14.9 Å². The van der Waals surface area contributed by atoms with E-state index in [4.69, 9.17) is 14.2 Å². The number of aromatic amines is 1. The van der Waals surface area contributed by atoms with Crippen LogP contribution in [0.1, 0.15) is 30.7 Å². The molecule has 1 fully saturated rings. The molecule has 0 amide bonds. The molecule has 194 valence electrons. The Morgan fingerprint density at radius 3 is 2.84 bits per heavy atom. The van der Waals surface area contributed by atoms with Gasteiger partial charge in [-0.2, -0.15) is 0 Å². The van der Waals surface area contributed by atoms with Gasteiger partial charge in [0.25, 0.3) is 5.56 Å². The van der Waals surface area contributed by atoms with Crippen LogP contribution in [-0.4, -0.2) is 59.9 Å². The highest BCUT2D eigenvalue weighted by atomic mass is 32.1. The van der Waals surface area contributed by atoms with E-state index >= 15 is 0 Å². The summed E-state index contributed by atoms with van der Waals surface area (Å²) in [5.41, 5.74) is 1.64. The number of hydrogen-bond acceptors (Lipinski definition) is 8. The number of hydrogen-bond donors (Lipinski definition) is 1. The Hall–Kier alpha value is -3.37. The molecule has 37 heavy (non-hydrogen) atoms. The molecule has 0 aliphatic carbocycles. The lowest BCUT2D eigenvalue weighted by molar-refractivity contribution is 0.0902. The minimum absolute atomic E-state index is 0.256. The van der Waals surface area contributed by atoms with E-state index < -0.39 is 5.69 Å². The second kappa shape index (κ2) is 9.83. The van der Waals surface area contributed by atoms with Gasteiger partial charge in [0.1, 0.15) is 21.7 Å². The maximum absolute atomic E-state index is 13.1. The summed E-state index contributed by atoms with van der Waals surface area (Å²) >= 11 is 1.35. The van der Waals surface area contributed by atoms with Gasteiger partial charge in [0, 0.05) is 30.6 Å². The number of benzene rings is 1. The number of methoxy groups -OCH3 is 2. The van der Waals surface area contributed by atoms with E-state index in [1.54, 1.807) is 20.3 Å². The number of likely N-dealkylation sites (tertiary alicyclic amines) is 1. The normalized spacial score (nSPS) is 19.4. The first-order chi connectivity index (χ1) is 18.1. The van der Waals surface area contributed by atoms with E-state index in [1.807, 2.05) is 24.3 Å². The number of pyridine rings is 1. The van der Waals surface area contributed by atoms with Gasteiger partial charge in [-0.05, 0) is 56.5 Å². The van der Waals surface area contributed by atoms with Gasteiger partial charge in [-0.25, -0.2) is 9.78 Å². The van der Waals surface area contributed by atoms with Gasteiger partial charge >= 0.3 is 5.69 Å². The Bertz CT molecular complexity index is 1560. The van der Waals surface area contributed by atoms with Crippen molar-refractivity contribution >= 4 is 31.8 Å². The van der Waals surface area contributed by atoms with Crippen LogP contribution in [0.15, 0.2) is 39.9 Å². The molecule has 2 aliphatic heterocycles. The van der Waals surface area contributed by atoms with Gasteiger partial charge in [0.2, 0.25) is 5.88 Å². The molecule has 9 nitrogen and oxygen atoms in total. The molecule has 0 saturated carbocycles. The number of fused-ring (bicyclic) bond motifs is 6. The quantitative estimate of drug-likeness (QED) is 0.370. The maximum atomic E-state index is 13.1. The molecule has 1 aromatic carbocycles. The van der Waals surface area contributed by atoms with E-state index in [1.165, 1.54) is 21.5 Å². The summed E-state index contributed by atoms with van der Waals surface area (Å²) in [6.45, 7) is 4.05. The summed E-state index contributed by atoms with van der Waals surface area (Å²) in [6, 6.07) is 9.66. The van der Waals surface area contributed by atoms with Crippen molar-refractivity contribution in [3.8, 4) is 17.4 Å². The van der Waals surface area contributed by atoms with Crippen molar-refractivity contribution < 1.29 is 14.2 Å². The summed E-state index contributed by atoms with van der Waals surface area (Å²) in [5.74, 6) is 3.21. The highest BCUT2D eigenvalue weighted by Gasteiger charge is 2.37. The number of unbranched alkanes of at least 4 members (excludes halogenated alkanes) is 1. The van der Waals surface area contributed by atoms with Crippen molar-refractivity contribution in [3.05, 3.63) is 56.7 Å². The van der Waals surface area contributed by atoms with Crippen LogP contribution in [0.2, 0.25) is 0 Å². The number of thiophene rings is 1. The summed E-state index contributed by atoms with van der Waals surface area (Å²) in [6.07, 6.45) is 2.73.